The summed E-state index contributed by atoms with van der Waals surface area (Å²) < 4.78 is 10.7. The number of nitrogens with zero attached hydrogens (tertiary/aromatic N) is 2. The van der Waals surface area contributed by atoms with E-state index < -0.39 is 0 Å². The largest absolute Gasteiger partial charge is 0.497 e. The number of benzene rings is 1. The lowest BCUT2D eigenvalue weighted by atomic mass is 10.3. The average Bonchev–Trinajstić information content (AvgIpc) is 2.42. The van der Waals surface area contributed by atoms with Gasteiger partial charge >= 0.3 is 0 Å². The SMILES string of the molecule is COc1ccc(N)c(Oc2ccc(C#N)nc2)c1. The second-order valence-electron chi connectivity index (χ2n) is 3.50. The van der Waals surface area contributed by atoms with Crippen LogP contribution in [0.15, 0.2) is 36.5 Å². The Morgan fingerprint density at radius 3 is 2.61 bits per heavy atom. The fraction of sp³-hybridized carbons (Fsp3) is 0.0769. The second kappa shape index (κ2) is 5.06. The van der Waals surface area contributed by atoms with Crippen LogP contribution >= 0.6 is 0 Å². The number of anilines is 1. The first-order valence-corrected chi connectivity index (χ1v) is 5.20. The van der Waals surface area contributed by atoms with Gasteiger partial charge in [-0.05, 0) is 24.3 Å². The van der Waals surface area contributed by atoms with Gasteiger partial charge in [-0.2, -0.15) is 5.26 Å². The normalized spacial score (nSPS) is 9.56. The molecule has 0 unspecified atom stereocenters. The highest BCUT2D eigenvalue weighted by atomic mass is 16.5. The minimum Gasteiger partial charge on any atom is -0.497 e. The predicted molar refractivity (Wildman–Crippen MR) is 66.4 cm³/mol. The zero-order chi connectivity index (χ0) is 13.0. The molecule has 0 fully saturated rings. The Labute approximate surface area is 104 Å². The Morgan fingerprint density at radius 2 is 2.00 bits per heavy atom. The standard InChI is InChI=1S/C13H11N3O2/c1-17-10-4-5-12(15)13(6-10)18-11-3-2-9(7-14)16-8-11/h2-6,8H,15H2,1H3. The van der Waals surface area contributed by atoms with Gasteiger partial charge in [-0.25, -0.2) is 4.98 Å². The minimum atomic E-state index is 0.334. The average molecular weight is 241 g/mol. The van der Waals surface area contributed by atoms with Crippen molar-refractivity contribution in [3.63, 3.8) is 0 Å². The summed E-state index contributed by atoms with van der Waals surface area (Å²) in [6.45, 7) is 0. The van der Waals surface area contributed by atoms with E-state index >= 15 is 0 Å². The molecule has 0 aliphatic carbocycles. The third-order valence-electron chi connectivity index (χ3n) is 2.30. The number of methoxy groups -OCH3 is 1. The molecule has 0 saturated carbocycles. The van der Waals surface area contributed by atoms with Gasteiger partial charge in [0, 0.05) is 6.07 Å². The third kappa shape index (κ3) is 2.50. The zero-order valence-electron chi connectivity index (χ0n) is 9.75. The van der Waals surface area contributed by atoms with Crippen molar-refractivity contribution >= 4 is 5.69 Å². The number of pyridine rings is 1. The first kappa shape index (κ1) is 11.7. The lowest BCUT2D eigenvalue weighted by Crippen LogP contribution is -1.94. The Bertz CT molecular complexity index is 588. The summed E-state index contributed by atoms with van der Waals surface area (Å²) >= 11 is 0. The van der Waals surface area contributed by atoms with Gasteiger partial charge in [0.2, 0.25) is 0 Å². The summed E-state index contributed by atoms with van der Waals surface area (Å²) in [5, 5.41) is 8.64. The molecule has 0 aliphatic heterocycles. The molecule has 0 radical (unpaired) electrons. The summed E-state index contributed by atoms with van der Waals surface area (Å²) in [6, 6.07) is 10.3. The van der Waals surface area contributed by atoms with Crippen LogP contribution in [0.25, 0.3) is 0 Å². The van der Waals surface area contributed by atoms with Crippen molar-refractivity contribution in [2.45, 2.75) is 0 Å². The van der Waals surface area contributed by atoms with E-state index in [1.165, 1.54) is 6.20 Å². The smallest absolute Gasteiger partial charge is 0.154 e. The van der Waals surface area contributed by atoms with E-state index in [0.29, 0.717) is 28.6 Å². The fourth-order valence-corrected chi connectivity index (χ4v) is 1.36. The van der Waals surface area contributed by atoms with Crippen molar-refractivity contribution in [1.29, 1.82) is 5.26 Å². The van der Waals surface area contributed by atoms with Gasteiger partial charge < -0.3 is 15.2 Å². The van der Waals surface area contributed by atoms with E-state index in [1.807, 2.05) is 6.07 Å². The van der Waals surface area contributed by atoms with Crippen LogP contribution in [-0.2, 0) is 0 Å². The summed E-state index contributed by atoms with van der Waals surface area (Å²) in [4.78, 5) is 3.91. The predicted octanol–water partition coefficient (Wildman–Crippen LogP) is 2.34. The number of ether oxygens (including phenoxy) is 2. The van der Waals surface area contributed by atoms with Crippen LogP contribution in [0, 0.1) is 11.3 Å². The van der Waals surface area contributed by atoms with Crippen molar-refractivity contribution in [3.05, 3.63) is 42.2 Å². The van der Waals surface area contributed by atoms with Crippen LogP contribution in [-0.4, -0.2) is 12.1 Å². The third-order valence-corrected chi connectivity index (χ3v) is 2.30. The number of hydrogen-bond acceptors (Lipinski definition) is 5. The molecular weight excluding hydrogens is 230 g/mol. The van der Waals surface area contributed by atoms with Gasteiger partial charge in [0.15, 0.2) is 5.75 Å². The van der Waals surface area contributed by atoms with Crippen LogP contribution in [0.4, 0.5) is 5.69 Å². The summed E-state index contributed by atoms with van der Waals surface area (Å²) in [6.07, 6.45) is 1.47. The Hall–Kier alpha value is -2.74. The van der Waals surface area contributed by atoms with Gasteiger partial charge in [0.25, 0.3) is 0 Å². The molecule has 90 valence electrons. The van der Waals surface area contributed by atoms with Gasteiger partial charge in [0.05, 0.1) is 19.0 Å². The molecule has 5 heteroatoms. The molecule has 1 heterocycles. The highest BCUT2D eigenvalue weighted by Crippen LogP contribution is 2.30. The van der Waals surface area contributed by atoms with Crippen LogP contribution < -0.4 is 15.2 Å². The van der Waals surface area contributed by atoms with Crippen LogP contribution in [0.1, 0.15) is 5.69 Å². The maximum absolute atomic E-state index is 8.64. The van der Waals surface area contributed by atoms with E-state index in [2.05, 4.69) is 4.98 Å². The van der Waals surface area contributed by atoms with Crippen LogP contribution in [0.3, 0.4) is 0 Å². The number of nitrogens with two attached hydrogens (primary N) is 1. The maximum atomic E-state index is 8.64. The summed E-state index contributed by atoms with van der Waals surface area (Å²) in [5.41, 5.74) is 6.63. The molecule has 1 aromatic heterocycles. The van der Waals surface area contributed by atoms with Crippen LogP contribution in [0.5, 0.6) is 17.2 Å². The first-order valence-electron chi connectivity index (χ1n) is 5.20. The van der Waals surface area contributed by atoms with Crippen molar-refractivity contribution in [3.8, 4) is 23.3 Å². The van der Waals surface area contributed by atoms with E-state index in [9.17, 15) is 0 Å². The zero-order valence-corrected chi connectivity index (χ0v) is 9.75. The van der Waals surface area contributed by atoms with Gasteiger partial charge in [0.1, 0.15) is 23.3 Å². The molecule has 2 N–H and O–H groups in total. The van der Waals surface area contributed by atoms with Crippen molar-refractivity contribution < 1.29 is 9.47 Å². The summed E-state index contributed by atoms with van der Waals surface area (Å²) in [7, 11) is 1.57. The van der Waals surface area contributed by atoms with Crippen LogP contribution in [0.2, 0.25) is 0 Å². The molecule has 5 nitrogen and oxygen atoms in total. The number of nitriles is 1. The molecule has 2 rings (SSSR count). The van der Waals surface area contributed by atoms with E-state index in [4.69, 9.17) is 20.5 Å². The van der Waals surface area contributed by atoms with Crippen molar-refractivity contribution in [2.24, 2.45) is 0 Å². The quantitative estimate of drug-likeness (QED) is 0.834. The summed E-state index contributed by atoms with van der Waals surface area (Å²) in [5.74, 6) is 1.65. The topological polar surface area (TPSA) is 81.2 Å². The van der Waals surface area contributed by atoms with E-state index in [-0.39, 0.29) is 0 Å². The van der Waals surface area contributed by atoms with Gasteiger partial charge in [-0.3, -0.25) is 0 Å². The lowest BCUT2D eigenvalue weighted by Gasteiger charge is -2.09. The maximum Gasteiger partial charge on any atom is 0.154 e. The van der Waals surface area contributed by atoms with E-state index in [0.717, 1.165) is 0 Å². The molecule has 18 heavy (non-hydrogen) atoms. The molecule has 0 amide bonds. The van der Waals surface area contributed by atoms with Crippen molar-refractivity contribution in [2.75, 3.05) is 12.8 Å². The Morgan fingerprint density at radius 1 is 1.22 bits per heavy atom. The molecule has 0 bridgehead atoms. The molecule has 0 spiro atoms. The number of rotatable bonds is 3. The van der Waals surface area contributed by atoms with Crippen molar-refractivity contribution in [1.82, 2.24) is 4.98 Å². The number of aromatic nitrogens is 1. The molecule has 0 atom stereocenters. The van der Waals surface area contributed by atoms with Gasteiger partial charge in [-0.1, -0.05) is 0 Å². The van der Waals surface area contributed by atoms with Gasteiger partial charge in [-0.15, -0.1) is 0 Å². The molecular formula is C13H11N3O2. The molecule has 2 aromatic rings. The van der Waals surface area contributed by atoms with E-state index in [1.54, 1.807) is 37.4 Å². The highest BCUT2D eigenvalue weighted by molar-refractivity contribution is 5.56. The second-order valence-corrected chi connectivity index (χ2v) is 3.50. The fourth-order valence-electron chi connectivity index (χ4n) is 1.36. The molecule has 0 aliphatic rings. The highest BCUT2D eigenvalue weighted by Gasteiger charge is 2.05. The minimum absolute atomic E-state index is 0.334. The monoisotopic (exact) mass is 241 g/mol. The molecule has 1 aromatic carbocycles. The first-order chi connectivity index (χ1) is 8.72. The number of nitrogen functional groups attached to an aromatic ring is 1. The lowest BCUT2D eigenvalue weighted by molar-refractivity contribution is 0.409. The molecule has 0 saturated heterocycles. The number of hydrogen-bond donors (Lipinski definition) is 1. The Balaban J connectivity index is 2.25. The Kier molecular flexibility index (Phi) is 3.30.